The van der Waals surface area contributed by atoms with E-state index in [-0.39, 0.29) is 0 Å². The van der Waals surface area contributed by atoms with E-state index in [0.717, 1.165) is 17.8 Å². The van der Waals surface area contributed by atoms with Crippen LogP contribution in [0.2, 0.25) is 0 Å². The number of fused-ring (bicyclic) bond motifs is 2. The van der Waals surface area contributed by atoms with Crippen LogP contribution in [0.1, 0.15) is 31.6 Å². The minimum Gasteiger partial charge on any atom is -0.311 e. The molecule has 2 heteroatoms. The molecule has 0 amide bonds. The smallest absolute Gasteiger partial charge is 0.00896 e. The summed E-state index contributed by atoms with van der Waals surface area (Å²) in [6.45, 7) is 4.70. The first-order chi connectivity index (χ1) is 8.72. The highest BCUT2D eigenvalue weighted by Crippen LogP contribution is 2.44. The molecule has 98 valence electrons. The zero-order valence-electron chi connectivity index (χ0n) is 11.3. The largest absolute Gasteiger partial charge is 0.311 e. The molecule has 1 N–H and O–H groups in total. The molecule has 0 saturated heterocycles. The van der Waals surface area contributed by atoms with E-state index in [4.69, 9.17) is 0 Å². The van der Waals surface area contributed by atoms with E-state index < -0.39 is 0 Å². The van der Waals surface area contributed by atoms with Gasteiger partial charge in [0.25, 0.3) is 0 Å². The van der Waals surface area contributed by atoms with Gasteiger partial charge in [-0.3, -0.25) is 0 Å². The van der Waals surface area contributed by atoms with Crippen molar-refractivity contribution in [1.82, 2.24) is 5.32 Å². The highest BCUT2D eigenvalue weighted by atomic mass is 32.1. The summed E-state index contributed by atoms with van der Waals surface area (Å²) in [5, 5.41) is 5.99. The van der Waals surface area contributed by atoms with Gasteiger partial charge in [0.05, 0.1) is 0 Å². The monoisotopic (exact) mass is 261 g/mol. The molecular weight excluding hydrogens is 238 g/mol. The lowest BCUT2D eigenvalue weighted by atomic mass is 9.87. The minimum absolute atomic E-state index is 0.585. The van der Waals surface area contributed by atoms with Crippen molar-refractivity contribution in [3.8, 4) is 0 Å². The molecule has 2 aliphatic rings. The number of allylic oxidation sites excluding steroid dienone is 2. The second kappa shape index (κ2) is 5.18. The van der Waals surface area contributed by atoms with Crippen molar-refractivity contribution in [3.05, 3.63) is 34.5 Å². The summed E-state index contributed by atoms with van der Waals surface area (Å²) < 4.78 is 0. The molecule has 5 unspecified atom stereocenters. The van der Waals surface area contributed by atoms with Crippen molar-refractivity contribution in [1.29, 1.82) is 0 Å². The predicted molar refractivity (Wildman–Crippen MR) is 78.9 cm³/mol. The lowest BCUT2D eigenvalue weighted by molar-refractivity contribution is 0.305. The maximum absolute atomic E-state index is 3.82. The summed E-state index contributed by atoms with van der Waals surface area (Å²) in [5.74, 6) is 2.61. The second-order valence-corrected chi connectivity index (χ2v) is 7.12. The number of rotatable bonds is 5. The molecule has 0 spiro atoms. The maximum atomic E-state index is 3.82. The van der Waals surface area contributed by atoms with E-state index in [9.17, 15) is 0 Å². The van der Waals surface area contributed by atoms with Crippen molar-refractivity contribution in [2.24, 2.45) is 17.8 Å². The van der Waals surface area contributed by atoms with Crippen LogP contribution in [-0.4, -0.2) is 12.1 Å². The van der Waals surface area contributed by atoms with Crippen molar-refractivity contribution >= 4 is 11.3 Å². The molecule has 5 atom stereocenters. The third-order valence-corrected chi connectivity index (χ3v) is 5.51. The fraction of sp³-hybridized carbons (Fsp3) is 0.625. The van der Waals surface area contributed by atoms with Crippen LogP contribution in [-0.2, 0) is 6.42 Å². The third kappa shape index (κ3) is 2.55. The van der Waals surface area contributed by atoms with Gasteiger partial charge < -0.3 is 5.32 Å². The van der Waals surface area contributed by atoms with Gasteiger partial charge in [0.15, 0.2) is 0 Å². The highest BCUT2D eigenvalue weighted by molar-refractivity contribution is 7.09. The summed E-state index contributed by atoms with van der Waals surface area (Å²) in [7, 11) is 0. The highest BCUT2D eigenvalue weighted by Gasteiger charge is 2.38. The van der Waals surface area contributed by atoms with Gasteiger partial charge in [0.1, 0.15) is 0 Å². The van der Waals surface area contributed by atoms with Crippen LogP contribution in [0.25, 0.3) is 0 Å². The number of hydrogen-bond donors (Lipinski definition) is 1. The van der Waals surface area contributed by atoms with Gasteiger partial charge in [-0.1, -0.05) is 18.2 Å². The van der Waals surface area contributed by atoms with Crippen LogP contribution in [0.5, 0.6) is 0 Å². The van der Waals surface area contributed by atoms with Gasteiger partial charge in [0.2, 0.25) is 0 Å². The molecule has 1 heterocycles. The van der Waals surface area contributed by atoms with Gasteiger partial charge in [-0.2, -0.15) is 0 Å². The fourth-order valence-corrected chi connectivity index (χ4v) is 4.60. The zero-order valence-corrected chi connectivity index (χ0v) is 12.1. The van der Waals surface area contributed by atoms with E-state index in [0.29, 0.717) is 12.1 Å². The molecular formula is C16H23NS. The van der Waals surface area contributed by atoms with Crippen molar-refractivity contribution < 1.29 is 0 Å². The van der Waals surface area contributed by atoms with E-state index in [1.165, 1.54) is 24.1 Å². The SMILES string of the molecule is CC(Cc1cccs1)NC(C)C1CC2C=CC1C2. The second-order valence-electron chi connectivity index (χ2n) is 6.08. The Labute approximate surface area is 114 Å². The normalized spacial score (nSPS) is 32.9. The van der Waals surface area contributed by atoms with E-state index in [2.05, 4.69) is 48.8 Å². The van der Waals surface area contributed by atoms with Crippen LogP contribution in [0.3, 0.4) is 0 Å². The zero-order chi connectivity index (χ0) is 12.5. The fourth-order valence-electron chi connectivity index (χ4n) is 3.76. The summed E-state index contributed by atoms with van der Waals surface area (Å²) in [6.07, 6.45) is 8.87. The predicted octanol–water partition coefficient (Wildman–Crippen LogP) is 3.87. The summed E-state index contributed by atoms with van der Waals surface area (Å²) in [6, 6.07) is 5.63. The Morgan fingerprint density at radius 1 is 1.33 bits per heavy atom. The standard InChI is InChI=1S/C16H23NS/c1-11(8-15-4-3-7-18-15)17-12(2)16-10-13-5-6-14(16)9-13/h3-7,11-14,16-17H,8-10H2,1-2H3. The molecule has 0 aliphatic heterocycles. The molecule has 2 bridgehead atoms. The molecule has 1 saturated carbocycles. The summed E-state index contributed by atoms with van der Waals surface area (Å²) in [5.41, 5.74) is 0. The van der Waals surface area contributed by atoms with Gasteiger partial charge >= 0.3 is 0 Å². The summed E-state index contributed by atoms with van der Waals surface area (Å²) >= 11 is 1.87. The van der Waals surface area contributed by atoms with Gasteiger partial charge in [-0.05, 0) is 62.3 Å². The van der Waals surface area contributed by atoms with Crippen LogP contribution < -0.4 is 5.32 Å². The molecule has 1 aromatic rings. The first-order valence-corrected chi connectivity index (χ1v) is 8.07. The Hall–Kier alpha value is -0.600. The molecule has 1 nitrogen and oxygen atoms in total. The Morgan fingerprint density at radius 2 is 2.22 bits per heavy atom. The number of hydrogen-bond acceptors (Lipinski definition) is 2. The van der Waals surface area contributed by atoms with E-state index in [1.54, 1.807) is 0 Å². The molecule has 1 aromatic heterocycles. The van der Waals surface area contributed by atoms with Crippen LogP contribution in [0.15, 0.2) is 29.7 Å². The third-order valence-electron chi connectivity index (χ3n) is 4.61. The van der Waals surface area contributed by atoms with E-state index in [1.807, 2.05) is 11.3 Å². The van der Waals surface area contributed by atoms with Crippen LogP contribution >= 0.6 is 11.3 Å². The average molecular weight is 261 g/mol. The summed E-state index contributed by atoms with van der Waals surface area (Å²) in [4.78, 5) is 1.50. The number of thiophene rings is 1. The Balaban J connectivity index is 1.51. The molecule has 18 heavy (non-hydrogen) atoms. The molecule has 1 fully saturated rings. The number of nitrogens with one attached hydrogen (secondary N) is 1. The van der Waals surface area contributed by atoms with Crippen LogP contribution in [0, 0.1) is 17.8 Å². The van der Waals surface area contributed by atoms with Gasteiger partial charge in [-0.25, -0.2) is 0 Å². The first kappa shape index (κ1) is 12.4. The maximum Gasteiger partial charge on any atom is 0.00896 e. The van der Waals surface area contributed by atoms with Crippen LogP contribution in [0.4, 0.5) is 0 Å². The van der Waals surface area contributed by atoms with Crippen molar-refractivity contribution in [2.75, 3.05) is 0 Å². The molecule has 0 aromatic carbocycles. The Kier molecular flexibility index (Phi) is 3.58. The lowest BCUT2D eigenvalue weighted by Gasteiger charge is -2.29. The Bertz CT molecular complexity index is 409. The first-order valence-electron chi connectivity index (χ1n) is 7.19. The quantitative estimate of drug-likeness (QED) is 0.793. The van der Waals surface area contributed by atoms with Crippen molar-refractivity contribution in [2.45, 2.75) is 45.2 Å². The molecule has 2 aliphatic carbocycles. The molecule has 3 rings (SSSR count). The lowest BCUT2D eigenvalue weighted by Crippen LogP contribution is -2.41. The average Bonchev–Trinajstić information content (AvgIpc) is 3.04. The van der Waals surface area contributed by atoms with Crippen molar-refractivity contribution in [3.63, 3.8) is 0 Å². The van der Waals surface area contributed by atoms with E-state index >= 15 is 0 Å². The topological polar surface area (TPSA) is 12.0 Å². The van der Waals surface area contributed by atoms with Gasteiger partial charge in [-0.15, -0.1) is 11.3 Å². The molecule has 0 radical (unpaired) electrons. The minimum atomic E-state index is 0.585. The Morgan fingerprint density at radius 3 is 2.83 bits per heavy atom. The van der Waals surface area contributed by atoms with Gasteiger partial charge in [0, 0.05) is 17.0 Å².